The number of carbonyl (C=O) groups is 1. The summed E-state index contributed by atoms with van der Waals surface area (Å²) in [6.07, 6.45) is 0. The van der Waals surface area contributed by atoms with Crippen molar-refractivity contribution in [3.63, 3.8) is 0 Å². The Kier molecular flexibility index (Phi) is 4.29. The van der Waals surface area contributed by atoms with Gasteiger partial charge in [0, 0.05) is 22.8 Å². The zero-order chi connectivity index (χ0) is 11.4. The van der Waals surface area contributed by atoms with Crippen LogP contribution in [-0.4, -0.2) is 38.0 Å². The molecular formula is C11H18N2OS. The largest absolute Gasteiger partial charge is 0.351 e. The number of thiophene rings is 1. The van der Waals surface area contributed by atoms with Gasteiger partial charge in [-0.3, -0.25) is 4.79 Å². The fourth-order valence-corrected chi connectivity index (χ4v) is 2.27. The van der Waals surface area contributed by atoms with Gasteiger partial charge in [-0.2, -0.15) is 0 Å². The number of likely N-dealkylation sites (N-methyl/N-ethyl adjacent to an activating group) is 1. The summed E-state index contributed by atoms with van der Waals surface area (Å²) < 4.78 is 0. The molecule has 0 atom stereocenters. The van der Waals surface area contributed by atoms with E-state index in [1.54, 1.807) is 11.3 Å². The third-order valence-electron chi connectivity index (χ3n) is 2.13. The quantitative estimate of drug-likeness (QED) is 0.847. The minimum Gasteiger partial charge on any atom is -0.351 e. The summed E-state index contributed by atoms with van der Waals surface area (Å²) in [6.45, 7) is 5.57. The number of aryl methyl sites for hydroxylation is 2. The summed E-state index contributed by atoms with van der Waals surface area (Å²) in [7, 11) is 3.98. The van der Waals surface area contributed by atoms with E-state index in [0.29, 0.717) is 6.54 Å². The van der Waals surface area contributed by atoms with Crippen LogP contribution in [0.5, 0.6) is 0 Å². The van der Waals surface area contributed by atoms with E-state index in [9.17, 15) is 4.79 Å². The predicted molar refractivity (Wildman–Crippen MR) is 64.7 cm³/mol. The minimum absolute atomic E-state index is 0.0405. The van der Waals surface area contributed by atoms with Crippen LogP contribution in [0.3, 0.4) is 0 Å². The van der Waals surface area contributed by atoms with Crippen LogP contribution in [0.15, 0.2) is 6.07 Å². The second kappa shape index (κ2) is 5.28. The van der Waals surface area contributed by atoms with E-state index < -0.39 is 0 Å². The lowest BCUT2D eigenvalue weighted by atomic mass is 10.2. The highest BCUT2D eigenvalue weighted by Crippen LogP contribution is 2.20. The molecule has 0 saturated heterocycles. The fraction of sp³-hybridized carbons (Fsp3) is 0.545. The summed E-state index contributed by atoms with van der Waals surface area (Å²) in [4.78, 5) is 16.1. The summed E-state index contributed by atoms with van der Waals surface area (Å²) >= 11 is 1.67. The molecule has 3 nitrogen and oxygen atoms in total. The molecule has 0 fully saturated rings. The molecule has 1 aromatic heterocycles. The molecule has 0 bridgehead atoms. The topological polar surface area (TPSA) is 32.3 Å². The maximum Gasteiger partial charge on any atom is 0.252 e. The van der Waals surface area contributed by atoms with Crippen molar-refractivity contribution < 1.29 is 4.79 Å². The van der Waals surface area contributed by atoms with Crippen LogP contribution < -0.4 is 5.32 Å². The lowest BCUT2D eigenvalue weighted by Gasteiger charge is -2.10. The number of nitrogens with zero attached hydrogens (tertiary/aromatic N) is 1. The maximum absolute atomic E-state index is 11.7. The Bertz CT molecular complexity index is 344. The third-order valence-corrected chi connectivity index (χ3v) is 3.10. The highest BCUT2D eigenvalue weighted by atomic mass is 32.1. The molecule has 1 rings (SSSR count). The number of rotatable bonds is 4. The summed E-state index contributed by atoms with van der Waals surface area (Å²) in [5, 5.41) is 2.91. The van der Waals surface area contributed by atoms with E-state index in [0.717, 1.165) is 17.0 Å². The lowest BCUT2D eigenvalue weighted by molar-refractivity contribution is 0.0951. The van der Waals surface area contributed by atoms with Gasteiger partial charge in [0.15, 0.2) is 0 Å². The first-order valence-electron chi connectivity index (χ1n) is 5.00. The molecule has 0 aliphatic heterocycles. The average molecular weight is 226 g/mol. The van der Waals surface area contributed by atoms with E-state index in [4.69, 9.17) is 0 Å². The Morgan fingerprint density at radius 3 is 2.60 bits per heavy atom. The van der Waals surface area contributed by atoms with Crippen LogP contribution in [-0.2, 0) is 0 Å². The Balaban J connectivity index is 2.50. The van der Waals surface area contributed by atoms with E-state index in [-0.39, 0.29) is 5.91 Å². The molecule has 4 heteroatoms. The summed E-state index contributed by atoms with van der Waals surface area (Å²) in [6, 6.07) is 1.95. The van der Waals surface area contributed by atoms with Crippen LogP contribution in [0.4, 0.5) is 0 Å². The molecular weight excluding hydrogens is 208 g/mol. The van der Waals surface area contributed by atoms with Crippen LogP contribution in [0.1, 0.15) is 20.1 Å². The van der Waals surface area contributed by atoms with Crippen molar-refractivity contribution in [2.45, 2.75) is 13.8 Å². The first-order chi connectivity index (χ1) is 7.00. The third kappa shape index (κ3) is 3.64. The van der Waals surface area contributed by atoms with Crippen molar-refractivity contribution in [1.29, 1.82) is 0 Å². The molecule has 0 aromatic carbocycles. The monoisotopic (exact) mass is 226 g/mol. The van der Waals surface area contributed by atoms with Crippen LogP contribution in [0, 0.1) is 13.8 Å². The van der Waals surface area contributed by atoms with Crippen molar-refractivity contribution in [2.24, 2.45) is 0 Å². The standard InChI is InChI=1S/C11H18N2OS/c1-8-7-10(9(2)15-8)11(14)12-5-6-13(3)4/h7H,5-6H2,1-4H3,(H,12,14). The molecule has 84 valence electrons. The van der Waals surface area contributed by atoms with Crippen molar-refractivity contribution in [3.05, 3.63) is 21.4 Å². The highest BCUT2D eigenvalue weighted by molar-refractivity contribution is 7.12. The average Bonchev–Trinajstić information content (AvgIpc) is 2.44. The molecule has 15 heavy (non-hydrogen) atoms. The number of nitrogens with one attached hydrogen (secondary N) is 1. The summed E-state index contributed by atoms with van der Waals surface area (Å²) in [5.41, 5.74) is 0.816. The summed E-state index contributed by atoms with van der Waals surface area (Å²) in [5.74, 6) is 0.0405. The second-order valence-electron chi connectivity index (χ2n) is 3.89. The van der Waals surface area contributed by atoms with Gasteiger partial charge in [0.25, 0.3) is 5.91 Å². The molecule has 0 saturated carbocycles. The molecule has 1 amide bonds. The predicted octanol–water partition coefficient (Wildman–Crippen LogP) is 1.66. The molecule has 1 heterocycles. The van der Waals surface area contributed by atoms with Crippen molar-refractivity contribution in [2.75, 3.05) is 27.2 Å². The van der Waals surface area contributed by atoms with Gasteiger partial charge in [-0.1, -0.05) is 0 Å². The van der Waals surface area contributed by atoms with E-state index >= 15 is 0 Å². The Morgan fingerprint density at radius 1 is 1.47 bits per heavy atom. The zero-order valence-corrected chi connectivity index (χ0v) is 10.6. The molecule has 0 radical (unpaired) electrons. The fourth-order valence-electron chi connectivity index (χ4n) is 1.34. The van der Waals surface area contributed by atoms with Gasteiger partial charge in [0.2, 0.25) is 0 Å². The lowest BCUT2D eigenvalue weighted by Crippen LogP contribution is -2.31. The van der Waals surface area contributed by atoms with E-state index in [1.807, 2.05) is 38.9 Å². The normalized spacial score (nSPS) is 10.7. The van der Waals surface area contributed by atoms with Gasteiger partial charge in [-0.15, -0.1) is 11.3 Å². The molecule has 0 aliphatic rings. The molecule has 1 aromatic rings. The molecule has 0 spiro atoms. The van der Waals surface area contributed by atoms with Gasteiger partial charge in [0.05, 0.1) is 5.56 Å². The van der Waals surface area contributed by atoms with Crippen molar-refractivity contribution in [3.8, 4) is 0 Å². The zero-order valence-electron chi connectivity index (χ0n) is 9.76. The van der Waals surface area contributed by atoms with Gasteiger partial charge in [-0.05, 0) is 34.0 Å². The second-order valence-corrected chi connectivity index (χ2v) is 5.35. The van der Waals surface area contributed by atoms with E-state index in [2.05, 4.69) is 5.32 Å². The van der Waals surface area contributed by atoms with Crippen LogP contribution in [0.25, 0.3) is 0 Å². The maximum atomic E-state index is 11.7. The number of hydrogen-bond donors (Lipinski definition) is 1. The van der Waals surface area contributed by atoms with Gasteiger partial charge >= 0.3 is 0 Å². The Hall–Kier alpha value is -0.870. The van der Waals surface area contributed by atoms with Gasteiger partial charge < -0.3 is 10.2 Å². The smallest absolute Gasteiger partial charge is 0.252 e. The van der Waals surface area contributed by atoms with Crippen LogP contribution in [0.2, 0.25) is 0 Å². The van der Waals surface area contributed by atoms with Gasteiger partial charge in [-0.25, -0.2) is 0 Å². The van der Waals surface area contributed by atoms with E-state index in [1.165, 1.54) is 4.88 Å². The van der Waals surface area contributed by atoms with Gasteiger partial charge in [0.1, 0.15) is 0 Å². The molecule has 1 N–H and O–H groups in total. The van der Waals surface area contributed by atoms with Crippen LogP contribution >= 0.6 is 11.3 Å². The first kappa shape index (κ1) is 12.2. The molecule has 0 unspecified atom stereocenters. The first-order valence-corrected chi connectivity index (χ1v) is 5.82. The highest BCUT2D eigenvalue weighted by Gasteiger charge is 2.10. The molecule has 0 aliphatic carbocycles. The van der Waals surface area contributed by atoms with Crippen molar-refractivity contribution >= 4 is 17.2 Å². The Morgan fingerprint density at radius 2 is 2.13 bits per heavy atom. The number of carbonyl (C=O) groups excluding carboxylic acids is 1. The number of amides is 1. The SMILES string of the molecule is Cc1cc(C(=O)NCCN(C)C)c(C)s1. The number of hydrogen-bond acceptors (Lipinski definition) is 3. The minimum atomic E-state index is 0.0405. The Labute approximate surface area is 95.1 Å². The van der Waals surface area contributed by atoms with Crippen molar-refractivity contribution in [1.82, 2.24) is 10.2 Å².